The summed E-state index contributed by atoms with van der Waals surface area (Å²) in [5, 5.41) is 0. The molecule has 2 rings (SSSR count). The van der Waals surface area contributed by atoms with E-state index >= 15 is 0 Å². The number of allylic oxidation sites excluding steroid dienone is 1. The number of benzene rings is 1. The molecule has 0 aliphatic heterocycles. The summed E-state index contributed by atoms with van der Waals surface area (Å²) in [4.78, 5) is 12.4. The van der Waals surface area contributed by atoms with Gasteiger partial charge in [-0.2, -0.15) is 0 Å². The molecule has 1 aromatic rings. The van der Waals surface area contributed by atoms with Crippen molar-refractivity contribution in [1.82, 2.24) is 0 Å². The number of carbonyl (C=O) groups excluding carboxylic acids is 1. The normalized spacial score (nSPS) is 27.1. The number of carbonyl (C=O) groups is 1. The van der Waals surface area contributed by atoms with Crippen LogP contribution < -0.4 is 0 Å². The van der Waals surface area contributed by atoms with Gasteiger partial charge in [0.15, 0.2) is 15.6 Å². The first-order chi connectivity index (χ1) is 8.96. The van der Waals surface area contributed by atoms with Gasteiger partial charge in [-0.15, -0.1) is 6.58 Å². The predicted molar refractivity (Wildman–Crippen MR) is 74.6 cm³/mol. The molecule has 0 radical (unpaired) electrons. The van der Waals surface area contributed by atoms with Crippen LogP contribution in [-0.2, 0) is 14.6 Å². The van der Waals surface area contributed by atoms with E-state index in [0.29, 0.717) is 12.8 Å². The smallest absolute Gasteiger partial charge is 0.191 e. The quantitative estimate of drug-likeness (QED) is 0.796. The number of rotatable bonds is 4. The second-order valence-corrected chi connectivity index (χ2v) is 7.20. The van der Waals surface area contributed by atoms with Crippen molar-refractivity contribution < 1.29 is 13.2 Å². The van der Waals surface area contributed by atoms with Gasteiger partial charge in [-0.05, 0) is 31.9 Å². The van der Waals surface area contributed by atoms with E-state index in [1.807, 2.05) is 0 Å². The molecular formula is C15H18O3S. The summed E-state index contributed by atoms with van der Waals surface area (Å²) in [6, 6.07) is 8.23. The average Bonchev–Trinajstić information content (AvgIpc) is 2.85. The largest absolute Gasteiger partial charge is 0.298 e. The van der Waals surface area contributed by atoms with Crippen LogP contribution in [0.15, 0.2) is 47.9 Å². The number of sulfone groups is 1. The lowest BCUT2D eigenvalue weighted by Crippen LogP contribution is -2.47. The fraction of sp³-hybridized carbons (Fsp3) is 0.400. The Kier molecular flexibility index (Phi) is 3.63. The zero-order chi connectivity index (χ0) is 14.1. The fourth-order valence-corrected chi connectivity index (χ4v) is 5.42. The molecule has 102 valence electrons. The highest BCUT2D eigenvalue weighted by Gasteiger charge is 2.55. The van der Waals surface area contributed by atoms with Gasteiger partial charge in [0.05, 0.1) is 4.90 Å². The summed E-state index contributed by atoms with van der Waals surface area (Å²) in [5.74, 6) is -0.575. The molecular weight excluding hydrogens is 260 g/mol. The third kappa shape index (κ3) is 1.94. The lowest BCUT2D eigenvalue weighted by atomic mass is 9.91. The molecule has 1 aromatic carbocycles. The molecule has 1 aliphatic carbocycles. The summed E-state index contributed by atoms with van der Waals surface area (Å²) in [7, 11) is -3.68. The fourth-order valence-electron chi connectivity index (χ4n) is 3.08. The summed E-state index contributed by atoms with van der Waals surface area (Å²) in [6.07, 6.45) is 3.45. The molecule has 1 fully saturated rings. The summed E-state index contributed by atoms with van der Waals surface area (Å²) in [6.45, 7) is 5.09. The van der Waals surface area contributed by atoms with E-state index in [4.69, 9.17) is 0 Å². The van der Waals surface area contributed by atoms with Gasteiger partial charge in [0.2, 0.25) is 0 Å². The number of Topliss-reactive ketones (excluding diaryl/α,β-unsaturated/α-hetero) is 1. The topological polar surface area (TPSA) is 51.2 Å². The van der Waals surface area contributed by atoms with Crippen molar-refractivity contribution in [3.05, 3.63) is 43.0 Å². The Labute approximate surface area is 114 Å². The van der Waals surface area contributed by atoms with Crippen LogP contribution in [0.25, 0.3) is 0 Å². The minimum atomic E-state index is -3.68. The molecule has 2 atom stereocenters. The van der Waals surface area contributed by atoms with Crippen LogP contribution in [0.4, 0.5) is 0 Å². The highest BCUT2D eigenvalue weighted by Crippen LogP contribution is 2.45. The van der Waals surface area contributed by atoms with Crippen molar-refractivity contribution in [2.24, 2.45) is 5.92 Å². The summed E-state index contributed by atoms with van der Waals surface area (Å²) in [5.41, 5.74) is 0. The summed E-state index contributed by atoms with van der Waals surface area (Å²) >= 11 is 0. The van der Waals surface area contributed by atoms with E-state index in [0.717, 1.165) is 6.42 Å². The van der Waals surface area contributed by atoms with E-state index in [2.05, 4.69) is 6.58 Å². The Hall–Kier alpha value is -1.42. The van der Waals surface area contributed by atoms with Crippen LogP contribution in [-0.4, -0.2) is 18.9 Å². The number of hydrogen-bond donors (Lipinski definition) is 0. The molecule has 1 saturated carbocycles. The molecule has 1 aliphatic rings. The van der Waals surface area contributed by atoms with Gasteiger partial charge in [0.25, 0.3) is 0 Å². The first kappa shape index (κ1) is 14.0. The Balaban J connectivity index is 2.64. The maximum absolute atomic E-state index is 12.9. The Morgan fingerprint density at radius 1 is 1.37 bits per heavy atom. The Bertz CT molecular complexity index is 589. The zero-order valence-electron chi connectivity index (χ0n) is 11.0. The van der Waals surface area contributed by atoms with Gasteiger partial charge in [-0.25, -0.2) is 8.42 Å². The van der Waals surface area contributed by atoms with E-state index < -0.39 is 14.6 Å². The molecule has 0 bridgehead atoms. The van der Waals surface area contributed by atoms with Crippen LogP contribution in [0, 0.1) is 5.92 Å². The Morgan fingerprint density at radius 3 is 2.53 bits per heavy atom. The van der Waals surface area contributed by atoms with E-state index in [9.17, 15) is 13.2 Å². The maximum atomic E-state index is 12.9. The van der Waals surface area contributed by atoms with Crippen LogP contribution in [0.2, 0.25) is 0 Å². The molecule has 19 heavy (non-hydrogen) atoms. The molecule has 0 aromatic heterocycles. The van der Waals surface area contributed by atoms with Crippen molar-refractivity contribution in [3.8, 4) is 0 Å². The first-order valence-electron chi connectivity index (χ1n) is 6.40. The van der Waals surface area contributed by atoms with Crippen LogP contribution in [0.3, 0.4) is 0 Å². The van der Waals surface area contributed by atoms with E-state index in [1.165, 1.54) is 6.92 Å². The second-order valence-electron chi connectivity index (χ2n) is 5.00. The molecule has 0 spiro atoms. The van der Waals surface area contributed by atoms with E-state index in [-0.39, 0.29) is 16.6 Å². The van der Waals surface area contributed by atoms with Gasteiger partial charge in [-0.3, -0.25) is 4.79 Å². The van der Waals surface area contributed by atoms with E-state index in [1.54, 1.807) is 36.4 Å². The van der Waals surface area contributed by atoms with Crippen molar-refractivity contribution in [1.29, 1.82) is 0 Å². The molecule has 0 amide bonds. The molecule has 4 heteroatoms. The van der Waals surface area contributed by atoms with Crippen molar-refractivity contribution in [3.63, 3.8) is 0 Å². The molecule has 0 N–H and O–H groups in total. The minimum absolute atomic E-state index is 0.221. The minimum Gasteiger partial charge on any atom is -0.298 e. The van der Waals surface area contributed by atoms with Crippen LogP contribution in [0.5, 0.6) is 0 Å². The molecule has 0 heterocycles. The highest BCUT2D eigenvalue weighted by atomic mass is 32.2. The third-order valence-corrected chi connectivity index (χ3v) is 6.72. The Morgan fingerprint density at radius 2 is 2.00 bits per heavy atom. The van der Waals surface area contributed by atoms with Gasteiger partial charge in [-0.1, -0.05) is 30.7 Å². The van der Waals surface area contributed by atoms with Gasteiger partial charge < -0.3 is 0 Å². The van der Waals surface area contributed by atoms with Crippen molar-refractivity contribution >= 4 is 15.6 Å². The van der Waals surface area contributed by atoms with Crippen molar-refractivity contribution in [2.75, 3.05) is 0 Å². The van der Waals surface area contributed by atoms with Gasteiger partial charge in [0.1, 0.15) is 4.75 Å². The maximum Gasteiger partial charge on any atom is 0.191 e. The summed E-state index contributed by atoms with van der Waals surface area (Å²) < 4.78 is 24.5. The second kappa shape index (κ2) is 4.93. The lowest BCUT2D eigenvalue weighted by Gasteiger charge is -2.31. The molecule has 3 nitrogen and oxygen atoms in total. The van der Waals surface area contributed by atoms with Crippen molar-refractivity contribution in [2.45, 2.75) is 35.8 Å². The SMILES string of the molecule is C=C[C@H]1CCC[C@]1(C(C)=O)S(=O)(=O)c1ccccc1. The van der Waals surface area contributed by atoms with Crippen LogP contribution >= 0.6 is 0 Å². The number of ketones is 1. The first-order valence-corrected chi connectivity index (χ1v) is 7.88. The average molecular weight is 278 g/mol. The standard InChI is InChI=1S/C15H18O3S/c1-3-13-8-7-11-15(13,12(2)16)19(17,18)14-9-5-4-6-10-14/h3-6,9-10,13H,1,7-8,11H2,2H3/t13-,15+/m0/s1. The molecule has 0 saturated heterocycles. The monoisotopic (exact) mass is 278 g/mol. The third-order valence-electron chi connectivity index (χ3n) is 4.08. The lowest BCUT2D eigenvalue weighted by molar-refractivity contribution is -0.120. The van der Waals surface area contributed by atoms with Crippen LogP contribution in [0.1, 0.15) is 26.2 Å². The number of hydrogen-bond acceptors (Lipinski definition) is 3. The zero-order valence-corrected chi connectivity index (χ0v) is 11.8. The highest BCUT2D eigenvalue weighted by molar-refractivity contribution is 7.93. The van der Waals surface area contributed by atoms with Gasteiger partial charge in [0, 0.05) is 5.92 Å². The molecule has 0 unspecified atom stereocenters. The van der Waals surface area contributed by atoms with Gasteiger partial charge >= 0.3 is 0 Å². The predicted octanol–water partition coefficient (Wildman–Crippen LogP) is 2.77.